The minimum atomic E-state index is -4.42. The molecule has 0 radical (unpaired) electrons. The van der Waals surface area contributed by atoms with Gasteiger partial charge in [-0.15, -0.1) is 0 Å². The highest BCUT2D eigenvalue weighted by molar-refractivity contribution is 6.38. The summed E-state index contributed by atoms with van der Waals surface area (Å²) in [6, 6.07) is 4.12. The Morgan fingerprint density at radius 2 is 2.06 bits per heavy atom. The number of nitrogens with two attached hydrogens (primary N) is 1. The lowest BCUT2D eigenvalue weighted by Crippen LogP contribution is -2.19. The Hall–Kier alpha value is -1.69. The number of aromatic nitrogens is 1. The predicted molar refractivity (Wildman–Crippen MR) is 62.8 cm³/mol. The highest BCUT2D eigenvalue weighted by atomic mass is 35.5. The number of anilines is 1. The molecule has 0 aliphatic heterocycles. The van der Waals surface area contributed by atoms with Crippen LogP contribution in [0.3, 0.4) is 0 Å². The Labute approximate surface area is 105 Å². The first-order valence-electron chi connectivity index (χ1n) is 4.92. The molecule has 1 aromatic heterocycles. The fourth-order valence-electron chi connectivity index (χ4n) is 1.79. The van der Waals surface area contributed by atoms with Crippen molar-refractivity contribution in [3.63, 3.8) is 0 Å². The van der Waals surface area contributed by atoms with Gasteiger partial charge >= 0.3 is 6.18 Å². The Morgan fingerprint density at radius 1 is 1.39 bits per heavy atom. The molecule has 0 fully saturated rings. The van der Waals surface area contributed by atoms with Crippen LogP contribution in [0.25, 0.3) is 10.9 Å². The lowest BCUT2D eigenvalue weighted by Gasteiger charge is -2.11. The van der Waals surface area contributed by atoms with E-state index in [1.54, 1.807) is 0 Å². The number of hydrogen-bond donors (Lipinski definition) is 1. The minimum Gasteiger partial charge on any atom is -0.398 e. The summed E-state index contributed by atoms with van der Waals surface area (Å²) in [5, 5.41) is 0.486. The topological polar surface area (TPSA) is 48.0 Å². The van der Waals surface area contributed by atoms with E-state index in [0.717, 1.165) is 4.57 Å². The number of nitrogen functional groups attached to an aromatic ring is 1. The highest BCUT2D eigenvalue weighted by Gasteiger charge is 2.30. The molecule has 0 unspecified atom stereocenters. The van der Waals surface area contributed by atoms with Crippen molar-refractivity contribution in [3.8, 4) is 0 Å². The Kier molecular flexibility index (Phi) is 2.98. The molecule has 2 N–H and O–H groups in total. The van der Waals surface area contributed by atoms with E-state index in [1.807, 2.05) is 0 Å². The second kappa shape index (κ2) is 4.20. The van der Waals surface area contributed by atoms with Crippen LogP contribution in [0.1, 0.15) is 10.5 Å². The molecule has 1 heterocycles. The highest BCUT2D eigenvalue weighted by Crippen LogP contribution is 2.32. The van der Waals surface area contributed by atoms with Crippen LogP contribution in [-0.2, 0) is 6.54 Å². The van der Waals surface area contributed by atoms with Crippen molar-refractivity contribution in [2.45, 2.75) is 12.7 Å². The first-order chi connectivity index (χ1) is 8.33. The zero-order chi connectivity index (χ0) is 13.5. The van der Waals surface area contributed by atoms with Gasteiger partial charge < -0.3 is 10.3 Å². The zero-order valence-corrected chi connectivity index (χ0v) is 9.72. The number of carbonyl (C=O) groups excluding carboxylic acids is 1. The summed E-state index contributed by atoms with van der Waals surface area (Å²) in [4.78, 5) is 10.8. The lowest BCUT2D eigenvalue weighted by molar-refractivity contribution is -0.140. The van der Waals surface area contributed by atoms with Gasteiger partial charge in [-0.3, -0.25) is 4.79 Å². The van der Waals surface area contributed by atoms with E-state index in [4.69, 9.17) is 17.3 Å². The first-order valence-corrected chi connectivity index (χ1v) is 5.30. The average Bonchev–Trinajstić information content (AvgIpc) is 2.60. The van der Waals surface area contributed by atoms with Crippen molar-refractivity contribution >= 4 is 34.5 Å². The van der Waals surface area contributed by atoms with Crippen molar-refractivity contribution in [2.24, 2.45) is 0 Å². The molecule has 96 valence electrons. The van der Waals surface area contributed by atoms with Crippen LogP contribution in [0.4, 0.5) is 18.9 Å². The zero-order valence-electron chi connectivity index (χ0n) is 8.96. The van der Waals surface area contributed by atoms with Crippen LogP contribution in [0, 0.1) is 0 Å². The molecule has 1 aromatic carbocycles. The van der Waals surface area contributed by atoms with Gasteiger partial charge in [0.05, 0.1) is 21.9 Å². The molecule has 0 spiro atoms. The van der Waals surface area contributed by atoms with E-state index in [9.17, 15) is 18.0 Å². The van der Waals surface area contributed by atoms with E-state index in [2.05, 4.69) is 0 Å². The SMILES string of the molecule is Nc1ccc2c(cc(C=O)n2CC(F)(F)F)c1Cl. The van der Waals surface area contributed by atoms with Gasteiger partial charge in [-0.1, -0.05) is 11.6 Å². The van der Waals surface area contributed by atoms with E-state index >= 15 is 0 Å². The molecule has 3 nitrogen and oxygen atoms in total. The Balaban J connectivity index is 2.71. The molecule has 0 amide bonds. The van der Waals surface area contributed by atoms with Crippen molar-refractivity contribution in [1.82, 2.24) is 4.57 Å². The minimum absolute atomic E-state index is 0.0881. The summed E-state index contributed by atoms with van der Waals surface area (Å²) in [6.07, 6.45) is -4.06. The molecule has 0 aliphatic rings. The predicted octanol–water partition coefficient (Wildman–Crippen LogP) is 3.25. The second-order valence-corrected chi connectivity index (χ2v) is 4.17. The fourth-order valence-corrected chi connectivity index (χ4v) is 2.00. The quantitative estimate of drug-likeness (QED) is 0.676. The second-order valence-electron chi connectivity index (χ2n) is 3.79. The molecule has 2 aromatic rings. The normalized spacial score (nSPS) is 12.0. The molecule has 18 heavy (non-hydrogen) atoms. The van der Waals surface area contributed by atoms with Crippen molar-refractivity contribution in [2.75, 3.05) is 5.73 Å². The summed E-state index contributed by atoms with van der Waals surface area (Å²) in [5.41, 5.74) is 5.96. The number of carbonyl (C=O) groups is 1. The average molecular weight is 277 g/mol. The van der Waals surface area contributed by atoms with Gasteiger partial charge in [0.25, 0.3) is 0 Å². The molecule has 0 aliphatic carbocycles. The van der Waals surface area contributed by atoms with Crippen LogP contribution >= 0.6 is 11.6 Å². The molecular weight excluding hydrogens is 269 g/mol. The number of nitrogens with zero attached hydrogens (tertiary/aromatic N) is 1. The molecule has 0 bridgehead atoms. The number of hydrogen-bond acceptors (Lipinski definition) is 2. The maximum atomic E-state index is 12.4. The van der Waals surface area contributed by atoms with Crippen LogP contribution < -0.4 is 5.73 Å². The van der Waals surface area contributed by atoms with E-state index in [-0.39, 0.29) is 21.9 Å². The van der Waals surface area contributed by atoms with Crippen LogP contribution in [0.2, 0.25) is 5.02 Å². The number of alkyl halides is 3. The van der Waals surface area contributed by atoms with Crippen LogP contribution in [0.5, 0.6) is 0 Å². The molecule has 2 rings (SSSR count). The third-order valence-corrected chi connectivity index (χ3v) is 2.96. The van der Waals surface area contributed by atoms with Gasteiger partial charge in [-0.2, -0.15) is 13.2 Å². The van der Waals surface area contributed by atoms with Gasteiger partial charge in [0.2, 0.25) is 0 Å². The number of halogens is 4. The summed E-state index contributed by atoms with van der Waals surface area (Å²) in [6.45, 7) is -1.25. The maximum absolute atomic E-state index is 12.4. The Morgan fingerprint density at radius 3 is 2.61 bits per heavy atom. The molecule has 0 saturated carbocycles. The summed E-state index contributed by atoms with van der Waals surface area (Å²) in [7, 11) is 0. The Bertz CT molecular complexity index is 619. The molecule has 0 saturated heterocycles. The molecule has 0 atom stereocenters. The van der Waals surface area contributed by atoms with Crippen LogP contribution in [0.15, 0.2) is 18.2 Å². The third-order valence-electron chi connectivity index (χ3n) is 2.54. The van der Waals surface area contributed by atoms with Gasteiger partial charge in [-0.05, 0) is 18.2 Å². The summed E-state index contributed by atoms with van der Waals surface area (Å²) >= 11 is 5.90. The van der Waals surface area contributed by atoms with Crippen molar-refractivity contribution in [3.05, 3.63) is 28.9 Å². The van der Waals surface area contributed by atoms with E-state index in [0.29, 0.717) is 11.7 Å². The fraction of sp³-hybridized carbons (Fsp3) is 0.182. The first kappa shape index (κ1) is 12.8. The smallest absolute Gasteiger partial charge is 0.398 e. The van der Waals surface area contributed by atoms with Crippen LogP contribution in [-0.4, -0.2) is 17.0 Å². The van der Waals surface area contributed by atoms with Gasteiger partial charge in [0.15, 0.2) is 6.29 Å². The number of benzene rings is 1. The maximum Gasteiger partial charge on any atom is 0.406 e. The number of aldehydes is 1. The third kappa shape index (κ3) is 2.15. The largest absolute Gasteiger partial charge is 0.406 e. The van der Waals surface area contributed by atoms with Gasteiger partial charge in [-0.25, -0.2) is 0 Å². The van der Waals surface area contributed by atoms with Gasteiger partial charge in [0, 0.05) is 5.39 Å². The number of fused-ring (bicyclic) bond motifs is 1. The van der Waals surface area contributed by atoms with E-state index in [1.165, 1.54) is 18.2 Å². The standard InChI is InChI=1S/C11H8ClF3N2O/c12-10-7-3-6(4-18)17(5-11(13,14)15)9(7)2-1-8(10)16/h1-4H,5,16H2. The van der Waals surface area contributed by atoms with E-state index < -0.39 is 12.7 Å². The molecular formula is C11H8ClF3N2O. The molecule has 7 heteroatoms. The summed E-state index contributed by atoms with van der Waals surface area (Å²) < 4.78 is 38.2. The summed E-state index contributed by atoms with van der Waals surface area (Å²) in [5.74, 6) is 0. The number of rotatable bonds is 2. The van der Waals surface area contributed by atoms with Crippen molar-refractivity contribution < 1.29 is 18.0 Å². The monoisotopic (exact) mass is 276 g/mol. The van der Waals surface area contributed by atoms with Gasteiger partial charge in [0.1, 0.15) is 6.54 Å². The lowest BCUT2D eigenvalue weighted by atomic mass is 10.2. The van der Waals surface area contributed by atoms with Crippen molar-refractivity contribution in [1.29, 1.82) is 0 Å².